The molecule has 1 saturated carbocycles. The largest absolute Gasteiger partial charge is 0.365 e. The van der Waals surface area contributed by atoms with Gasteiger partial charge < -0.3 is 15.1 Å². The van der Waals surface area contributed by atoms with Crippen LogP contribution < -0.4 is 10.2 Å². The van der Waals surface area contributed by atoms with Crippen molar-refractivity contribution < 1.29 is 4.79 Å². The summed E-state index contributed by atoms with van der Waals surface area (Å²) in [7, 11) is 5.46. The minimum atomic E-state index is 0.0774. The average molecular weight is 296 g/mol. The summed E-state index contributed by atoms with van der Waals surface area (Å²) in [6.07, 6.45) is 2.49. The molecule has 0 heterocycles. The number of rotatable bonds is 6. The van der Waals surface area contributed by atoms with Crippen LogP contribution in [0.5, 0.6) is 0 Å². The second-order valence-corrected chi connectivity index (χ2v) is 5.94. The number of likely N-dealkylation sites (N-methyl/N-ethyl adjacent to an activating group) is 2. The molecule has 110 valence electrons. The van der Waals surface area contributed by atoms with E-state index in [4.69, 9.17) is 11.6 Å². The van der Waals surface area contributed by atoms with Crippen LogP contribution in [0.3, 0.4) is 0 Å². The first-order valence-corrected chi connectivity index (χ1v) is 7.29. The van der Waals surface area contributed by atoms with Gasteiger partial charge in [-0.25, -0.2) is 0 Å². The van der Waals surface area contributed by atoms with Crippen LogP contribution in [0.1, 0.15) is 18.4 Å². The Bertz CT molecular complexity index is 486. The zero-order valence-corrected chi connectivity index (χ0v) is 13.1. The van der Waals surface area contributed by atoms with Crippen molar-refractivity contribution in [2.24, 2.45) is 0 Å². The molecule has 0 aromatic heterocycles. The van der Waals surface area contributed by atoms with Crippen LogP contribution in [0.4, 0.5) is 5.69 Å². The molecule has 4 nitrogen and oxygen atoms in total. The predicted octanol–water partition coefficient (Wildman–Crippen LogP) is 2.12. The number of nitrogens with zero attached hydrogens (tertiary/aromatic N) is 2. The number of hydrogen-bond donors (Lipinski definition) is 1. The SMILES string of the molecule is CN(C)C(=O)CN(C)c1cccc(Cl)c1CNC1CC1. The lowest BCUT2D eigenvalue weighted by Gasteiger charge is -2.24. The van der Waals surface area contributed by atoms with Crippen molar-refractivity contribution in [2.45, 2.75) is 25.4 Å². The van der Waals surface area contributed by atoms with Crippen LogP contribution in [-0.2, 0) is 11.3 Å². The molecular weight excluding hydrogens is 274 g/mol. The molecule has 1 N–H and O–H groups in total. The van der Waals surface area contributed by atoms with Crippen molar-refractivity contribution in [1.29, 1.82) is 0 Å². The van der Waals surface area contributed by atoms with Gasteiger partial charge >= 0.3 is 0 Å². The van der Waals surface area contributed by atoms with Gasteiger partial charge in [0.2, 0.25) is 5.91 Å². The van der Waals surface area contributed by atoms with E-state index in [1.807, 2.05) is 30.1 Å². The van der Waals surface area contributed by atoms with Gasteiger partial charge in [-0.15, -0.1) is 0 Å². The zero-order chi connectivity index (χ0) is 14.7. The second kappa shape index (κ2) is 6.46. The first-order chi connectivity index (χ1) is 9.49. The van der Waals surface area contributed by atoms with Crippen molar-refractivity contribution >= 4 is 23.2 Å². The summed E-state index contributed by atoms with van der Waals surface area (Å²) in [4.78, 5) is 15.4. The summed E-state index contributed by atoms with van der Waals surface area (Å²) in [5.74, 6) is 0.0774. The topological polar surface area (TPSA) is 35.6 Å². The maximum absolute atomic E-state index is 11.8. The van der Waals surface area contributed by atoms with E-state index in [-0.39, 0.29) is 5.91 Å². The minimum Gasteiger partial charge on any atom is -0.365 e. The van der Waals surface area contributed by atoms with Crippen LogP contribution in [0.15, 0.2) is 18.2 Å². The number of nitrogens with one attached hydrogen (secondary N) is 1. The Labute approximate surface area is 125 Å². The first-order valence-electron chi connectivity index (χ1n) is 6.91. The van der Waals surface area contributed by atoms with Gasteiger partial charge in [0.25, 0.3) is 0 Å². The van der Waals surface area contributed by atoms with Crippen molar-refractivity contribution in [3.05, 3.63) is 28.8 Å². The molecule has 1 fully saturated rings. The van der Waals surface area contributed by atoms with Gasteiger partial charge in [0.15, 0.2) is 0 Å². The van der Waals surface area contributed by atoms with Crippen LogP contribution >= 0.6 is 11.6 Å². The molecule has 0 radical (unpaired) electrons. The Morgan fingerprint density at radius 1 is 1.35 bits per heavy atom. The molecule has 0 unspecified atom stereocenters. The highest BCUT2D eigenvalue weighted by molar-refractivity contribution is 6.31. The fourth-order valence-electron chi connectivity index (χ4n) is 2.04. The molecule has 1 amide bonds. The maximum atomic E-state index is 11.8. The number of hydrogen-bond acceptors (Lipinski definition) is 3. The van der Waals surface area contributed by atoms with Gasteiger partial charge in [0.05, 0.1) is 6.54 Å². The highest BCUT2D eigenvalue weighted by Gasteiger charge is 2.22. The Balaban J connectivity index is 2.11. The first kappa shape index (κ1) is 15.1. The molecule has 1 aliphatic rings. The predicted molar refractivity (Wildman–Crippen MR) is 83.3 cm³/mol. The number of anilines is 1. The number of carbonyl (C=O) groups is 1. The second-order valence-electron chi connectivity index (χ2n) is 5.54. The standard InChI is InChI=1S/C15H22ClN3O/c1-18(2)15(20)10-19(3)14-6-4-5-13(16)12(14)9-17-11-7-8-11/h4-6,11,17H,7-10H2,1-3H3. The molecule has 1 aliphatic carbocycles. The van der Waals surface area contributed by atoms with E-state index in [0.29, 0.717) is 12.6 Å². The van der Waals surface area contributed by atoms with Gasteiger partial charge in [-0.3, -0.25) is 4.79 Å². The summed E-state index contributed by atoms with van der Waals surface area (Å²) < 4.78 is 0. The summed E-state index contributed by atoms with van der Waals surface area (Å²) in [6, 6.07) is 6.47. The summed E-state index contributed by atoms with van der Waals surface area (Å²) in [6.45, 7) is 1.10. The number of benzene rings is 1. The fraction of sp³-hybridized carbons (Fsp3) is 0.533. The van der Waals surface area contributed by atoms with Crippen molar-refractivity contribution in [3.63, 3.8) is 0 Å². The molecular formula is C15H22ClN3O. The van der Waals surface area contributed by atoms with E-state index in [1.54, 1.807) is 19.0 Å². The highest BCUT2D eigenvalue weighted by atomic mass is 35.5. The van der Waals surface area contributed by atoms with Gasteiger partial charge in [0.1, 0.15) is 0 Å². The van der Waals surface area contributed by atoms with Gasteiger partial charge in [0, 0.05) is 50.0 Å². The average Bonchev–Trinajstić information content (AvgIpc) is 3.20. The molecule has 1 aromatic rings. The molecule has 2 rings (SSSR count). The lowest BCUT2D eigenvalue weighted by atomic mass is 10.1. The zero-order valence-electron chi connectivity index (χ0n) is 12.3. The lowest BCUT2D eigenvalue weighted by molar-refractivity contribution is -0.127. The molecule has 0 bridgehead atoms. The Kier molecular flexibility index (Phi) is 4.89. The number of amides is 1. The Morgan fingerprint density at radius 3 is 2.65 bits per heavy atom. The summed E-state index contributed by atoms with van der Waals surface area (Å²) in [5, 5.41) is 4.23. The quantitative estimate of drug-likeness (QED) is 0.873. The third-order valence-corrected chi connectivity index (χ3v) is 3.88. The molecule has 1 aromatic carbocycles. The normalized spacial score (nSPS) is 14.2. The molecule has 0 spiro atoms. The van der Waals surface area contributed by atoms with E-state index < -0.39 is 0 Å². The third-order valence-electron chi connectivity index (χ3n) is 3.52. The van der Waals surface area contributed by atoms with E-state index >= 15 is 0 Å². The van der Waals surface area contributed by atoms with E-state index in [0.717, 1.165) is 22.8 Å². The monoisotopic (exact) mass is 295 g/mol. The fourth-order valence-corrected chi connectivity index (χ4v) is 2.28. The maximum Gasteiger partial charge on any atom is 0.241 e. The van der Waals surface area contributed by atoms with E-state index in [1.165, 1.54) is 12.8 Å². The molecule has 0 aliphatic heterocycles. The molecule has 5 heteroatoms. The number of halogens is 1. The van der Waals surface area contributed by atoms with E-state index in [9.17, 15) is 4.79 Å². The number of carbonyl (C=O) groups excluding carboxylic acids is 1. The summed E-state index contributed by atoms with van der Waals surface area (Å²) >= 11 is 6.31. The highest BCUT2D eigenvalue weighted by Crippen LogP contribution is 2.28. The smallest absolute Gasteiger partial charge is 0.241 e. The Morgan fingerprint density at radius 2 is 2.05 bits per heavy atom. The Hall–Kier alpha value is -1.26. The van der Waals surface area contributed by atoms with Gasteiger partial charge in [-0.2, -0.15) is 0 Å². The van der Waals surface area contributed by atoms with Crippen LogP contribution in [-0.4, -0.2) is 44.5 Å². The minimum absolute atomic E-state index is 0.0774. The lowest BCUT2D eigenvalue weighted by Crippen LogP contribution is -2.35. The third kappa shape index (κ3) is 3.87. The van der Waals surface area contributed by atoms with Crippen LogP contribution in [0, 0.1) is 0 Å². The van der Waals surface area contributed by atoms with E-state index in [2.05, 4.69) is 5.32 Å². The molecule has 0 atom stereocenters. The molecule has 0 saturated heterocycles. The van der Waals surface area contributed by atoms with Crippen molar-refractivity contribution in [3.8, 4) is 0 Å². The molecule has 20 heavy (non-hydrogen) atoms. The summed E-state index contributed by atoms with van der Waals surface area (Å²) in [5.41, 5.74) is 2.08. The van der Waals surface area contributed by atoms with Crippen molar-refractivity contribution in [2.75, 3.05) is 32.6 Å². The van der Waals surface area contributed by atoms with Gasteiger partial charge in [-0.05, 0) is 25.0 Å². The van der Waals surface area contributed by atoms with Crippen molar-refractivity contribution in [1.82, 2.24) is 10.2 Å². The van der Waals surface area contributed by atoms with Crippen LogP contribution in [0.25, 0.3) is 0 Å². The van der Waals surface area contributed by atoms with Crippen LogP contribution in [0.2, 0.25) is 5.02 Å². The van der Waals surface area contributed by atoms with Gasteiger partial charge in [-0.1, -0.05) is 17.7 Å².